The summed E-state index contributed by atoms with van der Waals surface area (Å²) in [6.45, 7) is 0.446. The normalized spacial score (nSPS) is 10.9. The molecule has 6 nitrogen and oxygen atoms in total. The maximum Gasteiger partial charge on any atom is 0.373 e. The van der Waals surface area contributed by atoms with Crippen molar-refractivity contribution in [2.45, 2.75) is 6.54 Å². The molecule has 4 aromatic rings. The number of benzene rings is 1. The Morgan fingerprint density at radius 2 is 2.04 bits per heavy atom. The molecule has 6 heteroatoms. The van der Waals surface area contributed by atoms with E-state index < -0.39 is 5.97 Å². The highest BCUT2D eigenvalue weighted by Crippen LogP contribution is 2.25. The number of para-hydroxylation sites is 2. The molecule has 0 radical (unpaired) electrons. The predicted molar refractivity (Wildman–Crippen MR) is 92.1 cm³/mol. The van der Waals surface area contributed by atoms with E-state index in [2.05, 4.69) is 9.72 Å². The average Bonchev–Trinajstić information content (AvgIpc) is 3.27. The molecular weight excluding hydrogens is 318 g/mol. The van der Waals surface area contributed by atoms with Crippen LogP contribution in [0.25, 0.3) is 22.4 Å². The van der Waals surface area contributed by atoms with Crippen LogP contribution in [0, 0.1) is 0 Å². The van der Waals surface area contributed by atoms with Gasteiger partial charge < -0.3 is 13.7 Å². The van der Waals surface area contributed by atoms with Crippen LogP contribution in [0.5, 0.6) is 0 Å². The molecule has 3 heterocycles. The van der Waals surface area contributed by atoms with E-state index in [0.717, 1.165) is 22.4 Å². The summed E-state index contributed by atoms with van der Waals surface area (Å²) in [4.78, 5) is 20.5. The number of hydrogen-bond acceptors (Lipinski definition) is 5. The van der Waals surface area contributed by atoms with Crippen molar-refractivity contribution in [3.63, 3.8) is 0 Å². The summed E-state index contributed by atoms with van der Waals surface area (Å²) in [6.07, 6.45) is 3.51. The number of carbonyl (C=O) groups is 1. The number of pyridine rings is 1. The van der Waals surface area contributed by atoms with Crippen molar-refractivity contribution >= 4 is 17.0 Å². The second kappa shape index (κ2) is 6.24. The van der Waals surface area contributed by atoms with Crippen molar-refractivity contribution in [3.05, 3.63) is 72.4 Å². The Kier molecular flexibility index (Phi) is 3.78. The zero-order chi connectivity index (χ0) is 17.2. The first-order valence-electron chi connectivity index (χ1n) is 7.79. The minimum absolute atomic E-state index is 0.185. The van der Waals surface area contributed by atoms with E-state index in [-0.39, 0.29) is 5.76 Å². The quantitative estimate of drug-likeness (QED) is 0.534. The summed E-state index contributed by atoms with van der Waals surface area (Å²) in [6, 6.07) is 15.1. The molecule has 0 atom stereocenters. The first-order valence-corrected chi connectivity index (χ1v) is 7.79. The van der Waals surface area contributed by atoms with Crippen LogP contribution in [0.4, 0.5) is 0 Å². The van der Waals surface area contributed by atoms with Crippen LogP contribution in [0.3, 0.4) is 0 Å². The van der Waals surface area contributed by atoms with Crippen molar-refractivity contribution in [1.29, 1.82) is 0 Å². The number of esters is 1. The zero-order valence-corrected chi connectivity index (χ0v) is 13.5. The molecule has 0 amide bonds. The molecule has 0 saturated carbocycles. The van der Waals surface area contributed by atoms with Gasteiger partial charge in [-0.25, -0.2) is 9.78 Å². The number of imidazole rings is 1. The van der Waals surface area contributed by atoms with Crippen LogP contribution in [0.15, 0.2) is 65.3 Å². The lowest BCUT2D eigenvalue weighted by atomic mass is 10.2. The number of aromatic nitrogens is 3. The van der Waals surface area contributed by atoms with Gasteiger partial charge in [0.1, 0.15) is 11.6 Å². The number of fused-ring (bicyclic) bond motifs is 1. The van der Waals surface area contributed by atoms with Gasteiger partial charge in [0.2, 0.25) is 5.76 Å². The first-order chi connectivity index (χ1) is 12.3. The lowest BCUT2D eigenvalue weighted by Crippen LogP contribution is -2.02. The van der Waals surface area contributed by atoms with Crippen molar-refractivity contribution in [1.82, 2.24) is 14.5 Å². The largest absolute Gasteiger partial charge is 0.463 e. The van der Waals surface area contributed by atoms with E-state index >= 15 is 0 Å². The third kappa shape index (κ3) is 2.78. The fourth-order valence-electron chi connectivity index (χ4n) is 2.78. The second-order valence-corrected chi connectivity index (χ2v) is 5.51. The van der Waals surface area contributed by atoms with Crippen molar-refractivity contribution in [2.24, 2.45) is 0 Å². The Hall–Kier alpha value is -3.41. The van der Waals surface area contributed by atoms with E-state index in [1.807, 2.05) is 41.0 Å². The van der Waals surface area contributed by atoms with Crippen LogP contribution in [-0.4, -0.2) is 27.6 Å². The predicted octanol–water partition coefficient (Wildman–Crippen LogP) is 3.53. The van der Waals surface area contributed by atoms with Crippen LogP contribution in [0.1, 0.15) is 16.3 Å². The Morgan fingerprint density at radius 3 is 2.84 bits per heavy atom. The van der Waals surface area contributed by atoms with E-state index in [1.165, 1.54) is 7.11 Å². The standard InChI is InChI=1S/C19H15N3O3/c1-24-19(23)17-9-8-14(25-17)12-22-16-7-3-2-6-15(16)21-18(22)13-5-4-10-20-11-13/h2-11H,12H2,1H3. The van der Waals surface area contributed by atoms with Crippen LogP contribution < -0.4 is 0 Å². The van der Waals surface area contributed by atoms with Gasteiger partial charge >= 0.3 is 5.97 Å². The minimum Gasteiger partial charge on any atom is -0.463 e. The summed E-state index contributed by atoms with van der Waals surface area (Å²) in [5.74, 6) is 1.14. The van der Waals surface area contributed by atoms with Gasteiger partial charge in [-0.15, -0.1) is 0 Å². The zero-order valence-electron chi connectivity index (χ0n) is 13.5. The Morgan fingerprint density at radius 1 is 1.16 bits per heavy atom. The van der Waals surface area contributed by atoms with Crippen LogP contribution in [-0.2, 0) is 11.3 Å². The van der Waals surface area contributed by atoms with Gasteiger partial charge in [-0.2, -0.15) is 0 Å². The van der Waals surface area contributed by atoms with E-state index in [0.29, 0.717) is 12.3 Å². The molecule has 0 saturated heterocycles. The van der Waals surface area contributed by atoms with Gasteiger partial charge in [-0.1, -0.05) is 12.1 Å². The highest BCUT2D eigenvalue weighted by atomic mass is 16.5. The average molecular weight is 333 g/mol. The maximum absolute atomic E-state index is 11.6. The Labute approximate surface area is 143 Å². The molecule has 0 N–H and O–H groups in total. The van der Waals surface area contributed by atoms with Crippen molar-refractivity contribution in [3.8, 4) is 11.4 Å². The van der Waals surface area contributed by atoms with Gasteiger partial charge in [-0.05, 0) is 36.4 Å². The summed E-state index contributed by atoms with van der Waals surface area (Å²) < 4.78 is 12.3. The molecule has 25 heavy (non-hydrogen) atoms. The van der Waals surface area contributed by atoms with Gasteiger partial charge in [0.05, 0.1) is 24.7 Å². The fraction of sp³-hybridized carbons (Fsp3) is 0.105. The topological polar surface area (TPSA) is 70.2 Å². The van der Waals surface area contributed by atoms with Gasteiger partial charge in [0.15, 0.2) is 0 Å². The molecule has 124 valence electrons. The summed E-state index contributed by atoms with van der Waals surface area (Å²) in [5, 5.41) is 0. The first kappa shape index (κ1) is 15.1. The Balaban J connectivity index is 1.80. The number of hydrogen-bond donors (Lipinski definition) is 0. The van der Waals surface area contributed by atoms with Crippen LogP contribution in [0.2, 0.25) is 0 Å². The molecule has 0 aliphatic rings. The number of carbonyl (C=O) groups excluding carboxylic acids is 1. The number of rotatable bonds is 4. The summed E-state index contributed by atoms with van der Waals surface area (Å²) in [7, 11) is 1.33. The van der Waals surface area contributed by atoms with Gasteiger partial charge in [0.25, 0.3) is 0 Å². The smallest absolute Gasteiger partial charge is 0.373 e. The number of methoxy groups -OCH3 is 1. The van der Waals surface area contributed by atoms with E-state index in [9.17, 15) is 4.79 Å². The molecule has 4 rings (SSSR count). The van der Waals surface area contributed by atoms with Crippen molar-refractivity contribution in [2.75, 3.05) is 7.11 Å². The minimum atomic E-state index is -0.491. The van der Waals surface area contributed by atoms with Gasteiger partial charge in [-0.3, -0.25) is 4.98 Å². The second-order valence-electron chi connectivity index (χ2n) is 5.51. The lowest BCUT2D eigenvalue weighted by molar-refractivity contribution is 0.0563. The number of ether oxygens (including phenoxy) is 1. The molecule has 0 unspecified atom stereocenters. The molecular formula is C19H15N3O3. The molecule has 0 fully saturated rings. The maximum atomic E-state index is 11.6. The summed E-state index contributed by atoms with van der Waals surface area (Å²) >= 11 is 0. The highest BCUT2D eigenvalue weighted by Gasteiger charge is 2.16. The third-order valence-electron chi connectivity index (χ3n) is 3.94. The molecule has 1 aromatic carbocycles. The molecule has 0 aliphatic heterocycles. The molecule has 0 spiro atoms. The number of nitrogens with zero attached hydrogens (tertiary/aromatic N) is 3. The van der Waals surface area contributed by atoms with Gasteiger partial charge in [0, 0.05) is 18.0 Å². The molecule has 3 aromatic heterocycles. The lowest BCUT2D eigenvalue weighted by Gasteiger charge is -2.07. The fourth-order valence-corrected chi connectivity index (χ4v) is 2.78. The van der Waals surface area contributed by atoms with Crippen molar-refractivity contribution < 1.29 is 13.9 Å². The van der Waals surface area contributed by atoms with E-state index in [4.69, 9.17) is 9.40 Å². The highest BCUT2D eigenvalue weighted by molar-refractivity contribution is 5.86. The molecule has 0 bridgehead atoms. The van der Waals surface area contributed by atoms with E-state index in [1.54, 1.807) is 24.5 Å². The number of furan rings is 1. The van der Waals surface area contributed by atoms with Crippen LogP contribution >= 0.6 is 0 Å². The Bertz CT molecular complexity index is 1030. The monoisotopic (exact) mass is 333 g/mol. The SMILES string of the molecule is COC(=O)c1ccc(Cn2c(-c3cccnc3)nc3ccccc32)o1. The third-order valence-corrected chi connectivity index (χ3v) is 3.94. The molecule has 0 aliphatic carbocycles. The summed E-state index contributed by atoms with van der Waals surface area (Å²) in [5.41, 5.74) is 2.79.